The van der Waals surface area contributed by atoms with E-state index in [0.717, 1.165) is 49.1 Å². The average Bonchev–Trinajstić information content (AvgIpc) is 2.82. The van der Waals surface area contributed by atoms with Crippen molar-refractivity contribution in [3.63, 3.8) is 0 Å². The van der Waals surface area contributed by atoms with Crippen molar-refractivity contribution in [3.05, 3.63) is 53.2 Å². The van der Waals surface area contributed by atoms with Crippen LogP contribution >= 0.6 is 0 Å². The fourth-order valence-corrected chi connectivity index (χ4v) is 2.14. The fraction of sp³-hybridized carbons (Fsp3) is 0.438. The first kappa shape index (κ1) is 14.8. The summed E-state index contributed by atoms with van der Waals surface area (Å²) in [7, 11) is 2.08. The van der Waals surface area contributed by atoms with Crippen molar-refractivity contribution in [2.45, 2.75) is 33.5 Å². The number of aromatic nitrogens is 1. The molecule has 2 aromatic rings. The zero-order valence-corrected chi connectivity index (χ0v) is 12.5. The molecule has 0 bridgehead atoms. The third-order valence-electron chi connectivity index (χ3n) is 3.07. The molecular weight excluding hydrogens is 250 g/mol. The quantitative estimate of drug-likeness (QED) is 0.842. The van der Waals surface area contributed by atoms with Gasteiger partial charge >= 0.3 is 0 Å². The van der Waals surface area contributed by atoms with Gasteiger partial charge in [-0.25, -0.2) is 0 Å². The molecule has 4 nitrogen and oxygen atoms in total. The largest absolute Gasteiger partial charge is 0.465 e. The van der Waals surface area contributed by atoms with Crippen molar-refractivity contribution < 1.29 is 4.42 Å². The third kappa shape index (κ3) is 4.47. The molecule has 0 aliphatic carbocycles. The number of nitrogens with one attached hydrogen (secondary N) is 1. The van der Waals surface area contributed by atoms with Crippen LogP contribution in [0.4, 0.5) is 0 Å². The average molecular weight is 273 g/mol. The van der Waals surface area contributed by atoms with Crippen molar-refractivity contribution in [2.24, 2.45) is 0 Å². The monoisotopic (exact) mass is 273 g/mol. The number of furan rings is 1. The van der Waals surface area contributed by atoms with E-state index in [4.69, 9.17) is 4.42 Å². The predicted molar refractivity (Wildman–Crippen MR) is 80.2 cm³/mol. The van der Waals surface area contributed by atoms with E-state index in [-0.39, 0.29) is 0 Å². The summed E-state index contributed by atoms with van der Waals surface area (Å²) in [6.07, 6.45) is 0. The lowest BCUT2D eigenvalue weighted by Crippen LogP contribution is -2.19. The highest BCUT2D eigenvalue weighted by Gasteiger charge is 2.06. The van der Waals surface area contributed by atoms with Gasteiger partial charge in [-0.15, -0.1) is 0 Å². The van der Waals surface area contributed by atoms with E-state index in [2.05, 4.69) is 47.4 Å². The van der Waals surface area contributed by atoms with Crippen LogP contribution in [0.2, 0.25) is 0 Å². The number of hydrogen-bond donors (Lipinski definition) is 1. The Morgan fingerprint density at radius 1 is 1.15 bits per heavy atom. The Morgan fingerprint density at radius 2 is 1.95 bits per heavy atom. The summed E-state index contributed by atoms with van der Waals surface area (Å²) in [6.45, 7) is 7.47. The maximum atomic E-state index is 5.60. The number of hydrogen-bond acceptors (Lipinski definition) is 4. The van der Waals surface area contributed by atoms with Crippen LogP contribution in [0.15, 0.2) is 34.7 Å². The lowest BCUT2D eigenvalue weighted by molar-refractivity contribution is 0.282. The molecule has 2 heterocycles. The second-order valence-corrected chi connectivity index (χ2v) is 5.09. The first-order valence-electron chi connectivity index (χ1n) is 7.06. The highest BCUT2D eigenvalue weighted by atomic mass is 16.3. The van der Waals surface area contributed by atoms with Gasteiger partial charge in [0.1, 0.15) is 11.5 Å². The van der Waals surface area contributed by atoms with Crippen LogP contribution < -0.4 is 5.32 Å². The summed E-state index contributed by atoms with van der Waals surface area (Å²) >= 11 is 0. The minimum atomic E-state index is 0.799. The zero-order valence-electron chi connectivity index (χ0n) is 12.5. The van der Waals surface area contributed by atoms with Crippen molar-refractivity contribution in [1.82, 2.24) is 15.2 Å². The van der Waals surface area contributed by atoms with Gasteiger partial charge in [0.15, 0.2) is 0 Å². The van der Waals surface area contributed by atoms with Crippen LogP contribution in [-0.4, -0.2) is 23.5 Å². The molecule has 0 unspecified atom stereocenters. The summed E-state index contributed by atoms with van der Waals surface area (Å²) in [4.78, 5) is 6.87. The highest BCUT2D eigenvalue weighted by Crippen LogP contribution is 2.10. The van der Waals surface area contributed by atoms with Gasteiger partial charge in [0.2, 0.25) is 0 Å². The number of rotatable bonds is 7. The molecule has 1 N–H and O–H groups in total. The van der Waals surface area contributed by atoms with Crippen LogP contribution in [0, 0.1) is 6.92 Å². The van der Waals surface area contributed by atoms with Crippen LogP contribution in [0.25, 0.3) is 0 Å². The van der Waals surface area contributed by atoms with Crippen molar-refractivity contribution >= 4 is 0 Å². The molecule has 2 aromatic heterocycles. The molecule has 0 amide bonds. The molecule has 2 rings (SSSR count). The van der Waals surface area contributed by atoms with E-state index in [9.17, 15) is 0 Å². The standard InChI is InChI=1S/C16H23N3O/c1-4-17-10-14-6-5-7-15(18-14)11-19(3)12-16-9-8-13(2)20-16/h5-9,17H,4,10-12H2,1-3H3. The Labute approximate surface area is 120 Å². The molecule has 0 aromatic carbocycles. The SMILES string of the molecule is CCNCc1cccc(CN(C)Cc2ccc(C)o2)n1. The van der Waals surface area contributed by atoms with Gasteiger partial charge < -0.3 is 9.73 Å². The Morgan fingerprint density at radius 3 is 2.65 bits per heavy atom. The first-order valence-corrected chi connectivity index (χ1v) is 7.06. The lowest BCUT2D eigenvalue weighted by atomic mass is 10.2. The maximum Gasteiger partial charge on any atom is 0.118 e. The van der Waals surface area contributed by atoms with Gasteiger partial charge in [-0.05, 0) is 44.8 Å². The zero-order chi connectivity index (χ0) is 14.4. The molecule has 0 atom stereocenters. The normalized spacial score (nSPS) is 11.2. The van der Waals surface area contributed by atoms with Crippen LogP contribution in [-0.2, 0) is 19.6 Å². The first-order chi connectivity index (χ1) is 9.67. The lowest BCUT2D eigenvalue weighted by Gasteiger charge is -2.15. The fourth-order valence-electron chi connectivity index (χ4n) is 2.14. The molecular formula is C16H23N3O. The third-order valence-corrected chi connectivity index (χ3v) is 3.07. The van der Waals surface area contributed by atoms with Gasteiger partial charge in [0.25, 0.3) is 0 Å². The second-order valence-electron chi connectivity index (χ2n) is 5.09. The van der Waals surface area contributed by atoms with Crippen LogP contribution in [0.1, 0.15) is 29.8 Å². The van der Waals surface area contributed by atoms with Crippen LogP contribution in [0.5, 0.6) is 0 Å². The molecule has 108 valence electrons. The Kier molecular flexibility index (Phi) is 5.32. The molecule has 0 saturated carbocycles. The summed E-state index contributed by atoms with van der Waals surface area (Å²) < 4.78 is 5.60. The minimum Gasteiger partial charge on any atom is -0.465 e. The highest BCUT2D eigenvalue weighted by molar-refractivity contribution is 5.11. The molecule has 0 fully saturated rings. The van der Waals surface area contributed by atoms with E-state index in [1.165, 1.54) is 0 Å². The maximum absolute atomic E-state index is 5.60. The van der Waals surface area contributed by atoms with Gasteiger partial charge in [0.05, 0.1) is 17.9 Å². The summed E-state index contributed by atoms with van der Waals surface area (Å²) in [5.41, 5.74) is 2.18. The topological polar surface area (TPSA) is 41.3 Å². The van der Waals surface area contributed by atoms with E-state index in [1.54, 1.807) is 0 Å². The van der Waals surface area contributed by atoms with E-state index < -0.39 is 0 Å². The number of aryl methyl sites for hydroxylation is 1. The van der Waals surface area contributed by atoms with Gasteiger partial charge in [0, 0.05) is 13.1 Å². The Hall–Kier alpha value is -1.65. The Bertz CT molecular complexity index is 536. The molecule has 0 saturated heterocycles. The van der Waals surface area contributed by atoms with Gasteiger partial charge in [-0.3, -0.25) is 9.88 Å². The van der Waals surface area contributed by atoms with Crippen molar-refractivity contribution in [1.29, 1.82) is 0 Å². The smallest absolute Gasteiger partial charge is 0.118 e. The molecule has 0 spiro atoms. The summed E-state index contributed by atoms with van der Waals surface area (Å²) in [5, 5.41) is 3.30. The van der Waals surface area contributed by atoms with E-state index >= 15 is 0 Å². The van der Waals surface area contributed by atoms with E-state index in [1.807, 2.05) is 19.1 Å². The molecule has 4 heteroatoms. The number of pyridine rings is 1. The summed E-state index contributed by atoms with van der Waals surface area (Å²) in [5.74, 6) is 1.95. The van der Waals surface area contributed by atoms with Gasteiger partial charge in [-0.1, -0.05) is 13.0 Å². The van der Waals surface area contributed by atoms with Crippen LogP contribution in [0.3, 0.4) is 0 Å². The minimum absolute atomic E-state index is 0.799. The molecule has 0 aliphatic rings. The molecule has 20 heavy (non-hydrogen) atoms. The molecule has 0 radical (unpaired) electrons. The van der Waals surface area contributed by atoms with E-state index in [0.29, 0.717) is 0 Å². The second kappa shape index (κ2) is 7.22. The number of nitrogens with zero attached hydrogens (tertiary/aromatic N) is 2. The Balaban J connectivity index is 1.91. The van der Waals surface area contributed by atoms with Gasteiger partial charge in [-0.2, -0.15) is 0 Å². The predicted octanol–water partition coefficient (Wildman–Crippen LogP) is 2.72. The van der Waals surface area contributed by atoms with Crippen molar-refractivity contribution in [3.8, 4) is 0 Å². The summed E-state index contributed by atoms with van der Waals surface area (Å²) in [6, 6.07) is 10.2. The molecule has 0 aliphatic heterocycles. The van der Waals surface area contributed by atoms with Crippen molar-refractivity contribution in [2.75, 3.05) is 13.6 Å².